The van der Waals surface area contributed by atoms with Gasteiger partial charge >= 0.3 is 5.97 Å². The number of halogens is 1. The van der Waals surface area contributed by atoms with Crippen LogP contribution in [0.2, 0.25) is 0 Å². The first-order chi connectivity index (χ1) is 16.0. The number of fused-ring (bicyclic) bond motifs is 3. The van der Waals surface area contributed by atoms with Gasteiger partial charge in [0, 0.05) is 42.6 Å². The number of hydrogen-bond donors (Lipinski definition) is 2. The molecule has 2 bridgehead atoms. The molecule has 4 fully saturated rings. The number of esters is 1. The van der Waals surface area contributed by atoms with Crippen molar-refractivity contribution in [2.24, 2.45) is 11.8 Å². The molecule has 5 heterocycles. The Balaban J connectivity index is 0.00000274. The maximum absolute atomic E-state index is 13.5. The lowest BCUT2D eigenvalue weighted by Gasteiger charge is -2.51. The summed E-state index contributed by atoms with van der Waals surface area (Å²) in [5.41, 5.74) is -0.938. The molecule has 1 amide bonds. The number of piperidine rings is 3. The molecule has 2 aromatic heterocycles. The number of aromatic nitrogens is 2. The molecule has 1 aliphatic carbocycles. The summed E-state index contributed by atoms with van der Waals surface area (Å²) in [6, 6.07) is 3.54. The van der Waals surface area contributed by atoms with E-state index in [9.17, 15) is 14.7 Å². The maximum atomic E-state index is 13.5. The fourth-order valence-corrected chi connectivity index (χ4v) is 6.69. The van der Waals surface area contributed by atoms with E-state index in [-0.39, 0.29) is 40.8 Å². The summed E-state index contributed by atoms with van der Waals surface area (Å²) in [6.45, 7) is 2.68. The van der Waals surface area contributed by atoms with E-state index in [1.165, 1.54) is 11.3 Å². The summed E-state index contributed by atoms with van der Waals surface area (Å²) in [6.07, 6.45) is 8.43. The number of amides is 1. The van der Waals surface area contributed by atoms with Crippen LogP contribution < -0.4 is 22.3 Å². The van der Waals surface area contributed by atoms with Crippen molar-refractivity contribution < 1.29 is 40.9 Å². The van der Waals surface area contributed by atoms with E-state index >= 15 is 0 Å². The van der Waals surface area contributed by atoms with Crippen LogP contribution in [0.1, 0.15) is 44.1 Å². The SMILES string of the molecule is O=C(C[N+]12CCC(CC1)[C@@H](OC(=O)C(O)(c1ccsc1)C1CCCC1)C2)Nc1ncccn1.[Br-]. The van der Waals surface area contributed by atoms with Gasteiger partial charge in [-0.15, -0.1) is 0 Å². The average Bonchev–Trinajstić information content (AvgIpc) is 3.54. The number of quaternary nitrogens is 1. The molecule has 1 saturated carbocycles. The second-order valence-electron chi connectivity index (χ2n) is 9.79. The van der Waals surface area contributed by atoms with Gasteiger partial charge in [0.15, 0.2) is 18.2 Å². The highest BCUT2D eigenvalue weighted by Crippen LogP contribution is 2.43. The van der Waals surface area contributed by atoms with Gasteiger partial charge in [-0.3, -0.25) is 10.1 Å². The van der Waals surface area contributed by atoms with E-state index in [0.29, 0.717) is 29.1 Å². The highest BCUT2D eigenvalue weighted by atomic mass is 79.9. The minimum Gasteiger partial charge on any atom is -1.00 e. The van der Waals surface area contributed by atoms with E-state index in [1.807, 2.05) is 16.8 Å². The molecule has 34 heavy (non-hydrogen) atoms. The number of hydrogen-bond acceptors (Lipinski definition) is 7. The summed E-state index contributed by atoms with van der Waals surface area (Å²) in [5, 5.41) is 18.2. The molecule has 1 unspecified atom stereocenters. The van der Waals surface area contributed by atoms with E-state index in [0.717, 1.165) is 51.6 Å². The van der Waals surface area contributed by atoms with Crippen LogP contribution in [0.4, 0.5) is 5.95 Å². The fraction of sp³-hybridized carbons (Fsp3) is 0.583. The molecule has 184 valence electrons. The van der Waals surface area contributed by atoms with E-state index in [2.05, 4.69) is 15.3 Å². The monoisotopic (exact) mass is 550 g/mol. The number of carbonyl (C=O) groups excluding carboxylic acids is 2. The van der Waals surface area contributed by atoms with Crippen LogP contribution in [0.15, 0.2) is 35.3 Å². The molecule has 2 N–H and O–H groups in total. The van der Waals surface area contributed by atoms with Gasteiger partial charge < -0.3 is 31.3 Å². The molecule has 3 aliphatic heterocycles. The number of anilines is 1. The van der Waals surface area contributed by atoms with Crippen LogP contribution in [0, 0.1) is 11.8 Å². The highest BCUT2D eigenvalue weighted by Gasteiger charge is 2.53. The number of thiophene rings is 1. The second-order valence-corrected chi connectivity index (χ2v) is 10.6. The summed E-state index contributed by atoms with van der Waals surface area (Å²) >= 11 is 1.48. The van der Waals surface area contributed by atoms with Gasteiger partial charge in [-0.2, -0.15) is 11.3 Å². The van der Waals surface area contributed by atoms with Crippen LogP contribution in [-0.2, 0) is 19.9 Å². The zero-order chi connectivity index (χ0) is 22.9. The summed E-state index contributed by atoms with van der Waals surface area (Å²) in [4.78, 5) is 34.4. The Bertz CT molecular complexity index is 978. The minimum absolute atomic E-state index is 0. The molecule has 0 spiro atoms. The van der Waals surface area contributed by atoms with E-state index in [1.54, 1.807) is 18.5 Å². The topological polar surface area (TPSA) is 101 Å². The smallest absolute Gasteiger partial charge is 0.343 e. The number of nitrogens with one attached hydrogen (secondary N) is 1. The van der Waals surface area contributed by atoms with Crippen molar-refractivity contribution in [2.75, 3.05) is 31.5 Å². The van der Waals surface area contributed by atoms with Crippen molar-refractivity contribution in [3.8, 4) is 0 Å². The number of ether oxygens (including phenoxy) is 1. The maximum Gasteiger partial charge on any atom is 0.343 e. The van der Waals surface area contributed by atoms with Crippen LogP contribution in [0.25, 0.3) is 0 Å². The Hall–Kier alpha value is -1.88. The zero-order valence-electron chi connectivity index (χ0n) is 19.1. The normalized spacial score (nSPS) is 28.0. The van der Waals surface area contributed by atoms with E-state index in [4.69, 9.17) is 4.74 Å². The third kappa shape index (κ3) is 4.91. The standard InChI is InChI=1S/C24H30N4O4S.BrH/c29-21(27-23-25-9-3-10-26-23)15-28-11-6-17(7-12-28)20(14-28)32-22(30)24(31,18-4-1-2-5-18)19-8-13-33-16-19;/h3,8-10,13,16-18,20,31H,1-2,4-7,11-12,14-15H2;1H/t17?,20-,24?,28?;/m0./s1. The van der Waals surface area contributed by atoms with Gasteiger partial charge in [-0.25, -0.2) is 14.8 Å². The predicted octanol–water partition coefficient (Wildman–Crippen LogP) is -0.289. The Morgan fingerprint density at radius 1 is 1.18 bits per heavy atom. The predicted molar refractivity (Wildman–Crippen MR) is 123 cm³/mol. The second kappa shape index (κ2) is 10.4. The minimum atomic E-state index is -1.59. The molecule has 2 aromatic rings. The van der Waals surface area contributed by atoms with Gasteiger partial charge in [0.2, 0.25) is 5.95 Å². The lowest BCUT2D eigenvalue weighted by molar-refractivity contribution is -0.939. The molecule has 3 saturated heterocycles. The Labute approximate surface area is 214 Å². The quantitative estimate of drug-likeness (QED) is 0.363. The first kappa shape index (κ1) is 25.2. The van der Waals surface area contributed by atoms with Crippen molar-refractivity contribution in [2.45, 2.75) is 50.2 Å². The first-order valence-electron chi connectivity index (χ1n) is 11.9. The largest absolute Gasteiger partial charge is 1.00 e. The average molecular weight is 552 g/mol. The van der Waals surface area contributed by atoms with Crippen LogP contribution in [0.3, 0.4) is 0 Å². The van der Waals surface area contributed by atoms with Gasteiger partial charge in [-0.1, -0.05) is 12.8 Å². The molecule has 4 aliphatic rings. The van der Waals surface area contributed by atoms with E-state index < -0.39 is 11.6 Å². The number of nitrogens with zero attached hydrogens (tertiary/aromatic N) is 3. The summed E-state index contributed by atoms with van der Waals surface area (Å²) in [5.74, 6) is -0.183. The molecule has 2 atom stereocenters. The van der Waals surface area contributed by atoms with Crippen molar-refractivity contribution in [1.29, 1.82) is 0 Å². The van der Waals surface area contributed by atoms with Gasteiger partial charge in [0.25, 0.3) is 5.91 Å². The van der Waals surface area contributed by atoms with Gasteiger partial charge in [-0.05, 0) is 35.7 Å². The lowest BCUT2D eigenvalue weighted by atomic mass is 9.80. The third-order valence-electron chi connectivity index (χ3n) is 7.81. The molecule has 8 nitrogen and oxygen atoms in total. The first-order valence-corrected chi connectivity index (χ1v) is 12.8. The molecular weight excluding hydrogens is 520 g/mol. The Morgan fingerprint density at radius 3 is 2.53 bits per heavy atom. The lowest BCUT2D eigenvalue weighted by Crippen LogP contribution is -3.00. The number of rotatable bonds is 7. The molecule has 6 rings (SSSR count). The van der Waals surface area contributed by atoms with Gasteiger partial charge in [0.05, 0.1) is 13.1 Å². The fourth-order valence-electron chi connectivity index (χ4n) is 5.98. The Kier molecular flexibility index (Phi) is 7.71. The molecule has 10 heteroatoms. The third-order valence-corrected chi connectivity index (χ3v) is 8.50. The van der Waals surface area contributed by atoms with Crippen molar-refractivity contribution >= 4 is 29.2 Å². The zero-order valence-corrected chi connectivity index (χ0v) is 21.5. The van der Waals surface area contributed by atoms with Crippen LogP contribution >= 0.6 is 11.3 Å². The molecular formula is C24H31BrN4O4S. The Morgan fingerprint density at radius 2 is 1.88 bits per heavy atom. The van der Waals surface area contributed by atoms with Crippen LogP contribution in [-0.4, -0.2) is 63.7 Å². The number of aliphatic hydroxyl groups is 1. The van der Waals surface area contributed by atoms with Gasteiger partial charge in [0.1, 0.15) is 6.54 Å². The summed E-state index contributed by atoms with van der Waals surface area (Å²) < 4.78 is 6.69. The van der Waals surface area contributed by atoms with Crippen molar-refractivity contribution in [3.05, 3.63) is 40.8 Å². The molecule has 0 radical (unpaired) electrons. The molecule has 0 aromatic carbocycles. The van der Waals surface area contributed by atoms with Crippen LogP contribution in [0.5, 0.6) is 0 Å². The summed E-state index contributed by atoms with van der Waals surface area (Å²) in [7, 11) is 0. The van der Waals surface area contributed by atoms with Crippen molar-refractivity contribution in [3.63, 3.8) is 0 Å². The van der Waals surface area contributed by atoms with Crippen molar-refractivity contribution in [1.82, 2.24) is 9.97 Å². The highest BCUT2D eigenvalue weighted by molar-refractivity contribution is 7.08. The number of carbonyl (C=O) groups is 2.